The maximum Gasteiger partial charge on any atom is 0.412 e. The monoisotopic (exact) mass is 454 g/mol. The normalized spacial score (nSPS) is 17.1. The third-order valence-electron chi connectivity index (χ3n) is 6.39. The van der Waals surface area contributed by atoms with Gasteiger partial charge in [0.25, 0.3) is 5.91 Å². The molecule has 1 aliphatic carbocycles. The van der Waals surface area contributed by atoms with Gasteiger partial charge in [0.05, 0.1) is 18.2 Å². The van der Waals surface area contributed by atoms with Crippen molar-refractivity contribution in [1.29, 1.82) is 0 Å². The molecule has 2 aromatic rings. The van der Waals surface area contributed by atoms with Gasteiger partial charge in [0.2, 0.25) is 0 Å². The van der Waals surface area contributed by atoms with Gasteiger partial charge in [-0.25, -0.2) is 9.18 Å². The van der Waals surface area contributed by atoms with E-state index in [0.717, 1.165) is 43.4 Å². The average molecular weight is 455 g/mol. The maximum atomic E-state index is 15.3. The zero-order chi connectivity index (χ0) is 23.8. The highest BCUT2D eigenvalue weighted by atomic mass is 19.1. The Morgan fingerprint density at radius 2 is 1.79 bits per heavy atom. The van der Waals surface area contributed by atoms with E-state index in [9.17, 15) is 9.59 Å². The van der Waals surface area contributed by atoms with Gasteiger partial charge in [-0.2, -0.15) is 0 Å². The van der Waals surface area contributed by atoms with Crippen molar-refractivity contribution >= 4 is 17.7 Å². The van der Waals surface area contributed by atoms with Crippen LogP contribution in [-0.4, -0.2) is 29.6 Å². The molecule has 0 saturated heterocycles. The smallest absolute Gasteiger partial charge is 0.412 e. The van der Waals surface area contributed by atoms with Crippen molar-refractivity contribution in [3.8, 4) is 5.75 Å². The van der Waals surface area contributed by atoms with Gasteiger partial charge in [0, 0.05) is 12.2 Å². The van der Waals surface area contributed by atoms with Crippen LogP contribution in [-0.2, 0) is 16.8 Å². The molecule has 0 atom stereocenters. The lowest BCUT2D eigenvalue weighted by Gasteiger charge is -2.42. The molecule has 1 fully saturated rings. The largest absolute Gasteiger partial charge is 0.497 e. The molecule has 7 heteroatoms. The first-order valence-electron chi connectivity index (χ1n) is 11.4. The van der Waals surface area contributed by atoms with E-state index in [1.165, 1.54) is 6.07 Å². The van der Waals surface area contributed by atoms with Crippen LogP contribution >= 0.6 is 0 Å². The van der Waals surface area contributed by atoms with Crippen LogP contribution in [0.15, 0.2) is 36.4 Å². The summed E-state index contributed by atoms with van der Waals surface area (Å²) in [7, 11) is 1.61. The quantitative estimate of drug-likeness (QED) is 0.616. The van der Waals surface area contributed by atoms with Crippen LogP contribution in [0.2, 0.25) is 0 Å². The lowest BCUT2D eigenvalue weighted by atomic mass is 9.76. The van der Waals surface area contributed by atoms with E-state index in [1.807, 2.05) is 29.2 Å². The summed E-state index contributed by atoms with van der Waals surface area (Å²) in [6.07, 6.45) is 3.86. The summed E-state index contributed by atoms with van der Waals surface area (Å²) < 4.78 is 25.8. The van der Waals surface area contributed by atoms with Crippen LogP contribution in [0.4, 0.5) is 14.9 Å². The molecule has 6 nitrogen and oxygen atoms in total. The molecule has 176 valence electrons. The molecule has 1 heterocycles. The lowest BCUT2D eigenvalue weighted by Crippen LogP contribution is -2.44. The molecule has 33 heavy (non-hydrogen) atoms. The van der Waals surface area contributed by atoms with Gasteiger partial charge in [-0.3, -0.25) is 10.1 Å². The number of methoxy groups -OCH3 is 1. The minimum atomic E-state index is -0.672. The van der Waals surface area contributed by atoms with E-state index in [0.29, 0.717) is 17.8 Å². The first kappa shape index (κ1) is 23.1. The second-order valence-corrected chi connectivity index (χ2v) is 9.84. The zero-order valence-electron chi connectivity index (χ0n) is 19.7. The van der Waals surface area contributed by atoms with Crippen molar-refractivity contribution in [2.45, 2.75) is 70.6 Å². The number of fused-ring (bicyclic) bond motifs is 2. The summed E-state index contributed by atoms with van der Waals surface area (Å²) in [4.78, 5) is 27.6. The SMILES string of the molecule is COc1ccc(CN2C(=O)c3c(F)cc(NC(=O)OC(C)(C)C)cc3C23CCCCC3)cc1. The maximum absolute atomic E-state index is 15.3. The third-order valence-corrected chi connectivity index (χ3v) is 6.39. The number of ether oxygens (including phenoxy) is 2. The fourth-order valence-electron chi connectivity index (χ4n) is 4.97. The predicted octanol–water partition coefficient (Wildman–Crippen LogP) is 6.00. The molecule has 0 aromatic heterocycles. The number of nitrogens with one attached hydrogen (secondary N) is 1. The fourth-order valence-corrected chi connectivity index (χ4v) is 4.97. The molecular formula is C26H31FN2O4. The van der Waals surface area contributed by atoms with Crippen molar-refractivity contribution in [3.63, 3.8) is 0 Å². The van der Waals surface area contributed by atoms with Crippen molar-refractivity contribution in [3.05, 3.63) is 58.9 Å². The van der Waals surface area contributed by atoms with Crippen molar-refractivity contribution in [2.24, 2.45) is 0 Å². The molecule has 1 N–H and O–H groups in total. The molecule has 1 saturated carbocycles. The Bertz CT molecular complexity index is 1050. The van der Waals surface area contributed by atoms with Gasteiger partial charge in [-0.1, -0.05) is 31.4 Å². The van der Waals surface area contributed by atoms with Gasteiger partial charge in [-0.15, -0.1) is 0 Å². The highest BCUT2D eigenvalue weighted by Crippen LogP contribution is 2.50. The van der Waals surface area contributed by atoms with Crippen molar-refractivity contribution in [1.82, 2.24) is 4.90 Å². The molecule has 1 aliphatic heterocycles. The molecule has 2 aromatic carbocycles. The summed E-state index contributed by atoms with van der Waals surface area (Å²) >= 11 is 0. The van der Waals surface area contributed by atoms with E-state index >= 15 is 4.39 Å². The summed E-state index contributed by atoms with van der Waals surface area (Å²) in [5.41, 5.74) is 0.762. The molecule has 0 radical (unpaired) electrons. The minimum absolute atomic E-state index is 0.111. The Labute approximate surface area is 194 Å². The number of carbonyl (C=O) groups is 2. The van der Waals surface area contributed by atoms with Crippen LogP contribution in [0.25, 0.3) is 0 Å². The number of hydrogen-bond acceptors (Lipinski definition) is 4. The third kappa shape index (κ3) is 4.54. The van der Waals surface area contributed by atoms with E-state index < -0.39 is 23.1 Å². The van der Waals surface area contributed by atoms with Gasteiger partial charge in [0.15, 0.2) is 0 Å². The standard InChI is InChI=1S/C26H31FN2O4/c1-25(2,3)33-24(31)28-18-14-20-22(21(27)15-18)23(30)29(26(20)12-6-5-7-13-26)16-17-8-10-19(32-4)11-9-17/h8-11,14-15H,5-7,12-13,16H2,1-4H3,(H,28,31). The number of carbonyl (C=O) groups excluding carboxylic acids is 2. The number of rotatable bonds is 4. The number of benzene rings is 2. The number of hydrogen-bond donors (Lipinski definition) is 1. The van der Waals surface area contributed by atoms with Crippen LogP contribution in [0, 0.1) is 5.82 Å². The van der Waals surface area contributed by atoms with Crippen LogP contribution < -0.4 is 10.1 Å². The summed E-state index contributed by atoms with van der Waals surface area (Å²) in [5, 5.41) is 2.64. The van der Waals surface area contributed by atoms with Gasteiger partial charge in [0.1, 0.15) is 17.2 Å². The Hall–Kier alpha value is -3.09. The average Bonchev–Trinajstić information content (AvgIpc) is 2.96. The number of halogens is 1. The summed E-state index contributed by atoms with van der Waals surface area (Å²) in [5.74, 6) is -0.180. The highest BCUT2D eigenvalue weighted by molar-refractivity contribution is 6.01. The van der Waals surface area contributed by atoms with Crippen molar-refractivity contribution < 1.29 is 23.5 Å². The lowest BCUT2D eigenvalue weighted by molar-refractivity contribution is 0.0385. The molecular weight excluding hydrogens is 423 g/mol. The molecule has 1 spiro atoms. The molecule has 0 unspecified atom stereocenters. The van der Waals surface area contributed by atoms with E-state index in [-0.39, 0.29) is 11.5 Å². The second kappa shape index (κ2) is 8.69. The molecule has 0 bridgehead atoms. The number of nitrogens with zero attached hydrogens (tertiary/aromatic N) is 1. The Kier molecular flexibility index (Phi) is 6.08. The minimum Gasteiger partial charge on any atom is -0.497 e. The molecule has 2 amide bonds. The fraction of sp³-hybridized carbons (Fsp3) is 0.462. The van der Waals surface area contributed by atoms with Gasteiger partial charge >= 0.3 is 6.09 Å². The summed E-state index contributed by atoms with van der Waals surface area (Å²) in [6, 6.07) is 10.5. The van der Waals surface area contributed by atoms with E-state index in [4.69, 9.17) is 9.47 Å². The van der Waals surface area contributed by atoms with Crippen molar-refractivity contribution in [2.75, 3.05) is 12.4 Å². The highest BCUT2D eigenvalue weighted by Gasteiger charge is 2.51. The zero-order valence-corrected chi connectivity index (χ0v) is 19.7. The van der Waals surface area contributed by atoms with Crippen LogP contribution in [0.1, 0.15) is 74.4 Å². The predicted molar refractivity (Wildman–Crippen MR) is 124 cm³/mol. The Morgan fingerprint density at radius 3 is 2.39 bits per heavy atom. The first-order chi connectivity index (χ1) is 15.6. The second-order valence-electron chi connectivity index (χ2n) is 9.84. The molecule has 4 rings (SSSR count). The Balaban J connectivity index is 1.70. The number of anilines is 1. The Morgan fingerprint density at radius 1 is 1.12 bits per heavy atom. The van der Waals surface area contributed by atoms with E-state index in [1.54, 1.807) is 33.9 Å². The van der Waals surface area contributed by atoms with E-state index in [2.05, 4.69) is 5.32 Å². The van der Waals surface area contributed by atoms with Crippen LogP contribution in [0.5, 0.6) is 5.75 Å². The summed E-state index contributed by atoms with van der Waals surface area (Å²) in [6.45, 7) is 5.68. The van der Waals surface area contributed by atoms with Crippen LogP contribution in [0.3, 0.4) is 0 Å². The topological polar surface area (TPSA) is 67.9 Å². The van der Waals surface area contributed by atoms with Gasteiger partial charge < -0.3 is 14.4 Å². The van der Waals surface area contributed by atoms with Gasteiger partial charge in [-0.05, 0) is 69.0 Å². The first-order valence-corrected chi connectivity index (χ1v) is 11.4. The number of amides is 2. The molecule has 2 aliphatic rings.